The Bertz CT molecular complexity index is 976. The van der Waals surface area contributed by atoms with Gasteiger partial charge in [0.05, 0.1) is 0 Å². The van der Waals surface area contributed by atoms with Crippen molar-refractivity contribution in [2.24, 2.45) is 0 Å². The lowest BCUT2D eigenvalue weighted by atomic mass is 9.88. The molecule has 32 heavy (non-hydrogen) atoms. The number of halogens is 1. The lowest BCUT2D eigenvalue weighted by molar-refractivity contribution is 0.0595. The third kappa shape index (κ3) is 4.74. The molecule has 0 saturated carbocycles. The smallest absolute Gasteiger partial charge is 0.254 e. The molecule has 0 unspecified atom stereocenters. The van der Waals surface area contributed by atoms with Gasteiger partial charge in [-0.3, -0.25) is 4.79 Å². The van der Waals surface area contributed by atoms with E-state index in [4.69, 9.17) is 0 Å². The first kappa shape index (κ1) is 22.6. The van der Waals surface area contributed by atoms with Crippen molar-refractivity contribution in [2.75, 3.05) is 19.6 Å². The fourth-order valence-electron chi connectivity index (χ4n) is 5.23. The highest BCUT2D eigenvalue weighted by molar-refractivity contribution is 5.98. The number of likely N-dealkylation sites (tertiary alicyclic amines) is 1. The van der Waals surface area contributed by atoms with Gasteiger partial charge in [0, 0.05) is 37.2 Å². The van der Waals surface area contributed by atoms with E-state index in [0.717, 1.165) is 51.0 Å². The number of piperidine rings is 1. The molecular formula is C28H31ClN2O. The first-order valence-corrected chi connectivity index (χ1v) is 11.5. The molecule has 1 fully saturated rings. The van der Waals surface area contributed by atoms with E-state index in [1.165, 1.54) is 16.7 Å². The normalized spacial score (nSPS) is 16.8. The molecule has 0 radical (unpaired) electrons. The highest BCUT2D eigenvalue weighted by atomic mass is 35.5. The summed E-state index contributed by atoms with van der Waals surface area (Å²) in [6, 6.07) is 30.2. The fraction of sp³-hybridized carbons (Fsp3) is 0.321. The van der Waals surface area contributed by atoms with Crippen LogP contribution in [-0.4, -0.2) is 41.4 Å². The molecule has 0 bridgehead atoms. The van der Waals surface area contributed by atoms with Crippen LogP contribution in [0.4, 0.5) is 0 Å². The highest BCUT2D eigenvalue weighted by Crippen LogP contribution is 2.31. The second-order valence-corrected chi connectivity index (χ2v) is 8.83. The van der Waals surface area contributed by atoms with Crippen molar-refractivity contribution in [2.45, 2.75) is 37.8 Å². The van der Waals surface area contributed by atoms with Crippen LogP contribution in [0.2, 0.25) is 0 Å². The summed E-state index contributed by atoms with van der Waals surface area (Å²) in [5.74, 6) is 0.650. The Hall–Kier alpha value is -2.62. The maximum atomic E-state index is 12.8. The summed E-state index contributed by atoms with van der Waals surface area (Å²) < 4.78 is 0. The van der Waals surface area contributed by atoms with Crippen molar-refractivity contribution in [1.29, 1.82) is 0 Å². The number of rotatable bonds is 6. The van der Waals surface area contributed by atoms with Crippen LogP contribution in [0.5, 0.6) is 0 Å². The molecule has 0 N–H and O–H groups in total. The minimum atomic E-state index is 0. The van der Waals surface area contributed by atoms with E-state index in [0.29, 0.717) is 12.0 Å². The summed E-state index contributed by atoms with van der Waals surface area (Å²) in [5.41, 5.74) is 4.87. The standard InChI is InChI=1S/C28H30N2O.ClH/c31-28-27-14-8-7-13-24(27)21-30(28)25-15-18-29(19-16-25)20-17-26(22-9-3-1-4-10-22)23-11-5-2-6-12-23;/h1-14,25-26H,15-21H2;1H. The van der Waals surface area contributed by atoms with Crippen molar-refractivity contribution in [1.82, 2.24) is 9.80 Å². The summed E-state index contributed by atoms with van der Waals surface area (Å²) in [6.45, 7) is 4.02. The van der Waals surface area contributed by atoms with Gasteiger partial charge in [0.25, 0.3) is 5.91 Å². The van der Waals surface area contributed by atoms with Crippen LogP contribution in [0.3, 0.4) is 0 Å². The SMILES string of the molecule is Cl.O=C1c2ccccc2CN1C1CCN(CCC(c2ccccc2)c2ccccc2)CC1. The molecule has 4 heteroatoms. The third-order valence-electron chi connectivity index (χ3n) is 6.99. The number of nitrogens with zero attached hydrogens (tertiary/aromatic N) is 2. The largest absolute Gasteiger partial charge is 0.331 e. The minimum absolute atomic E-state index is 0. The number of benzene rings is 3. The Morgan fingerprint density at radius 3 is 1.94 bits per heavy atom. The van der Waals surface area contributed by atoms with Crippen LogP contribution in [0, 0.1) is 0 Å². The number of fused-ring (bicyclic) bond motifs is 1. The molecule has 2 aliphatic heterocycles. The zero-order chi connectivity index (χ0) is 21.0. The van der Waals surface area contributed by atoms with Gasteiger partial charge in [-0.2, -0.15) is 0 Å². The van der Waals surface area contributed by atoms with Gasteiger partial charge >= 0.3 is 0 Å². The van der Waals surface area contributed by atoms with Crippen LogP contribution < -0.4 is 0 Å². The molecule has 2 heterocycles. The Morgan fingerprint density at radius 1 is 0.781 bits per heavy atom. The van der Waals surface area contributed by atoms with Crippen LogP contribution in [0.25, 0.3) is 0 Å². The molecule has 0 spiro atoms. The fourth-order valence-corrected chi connectivity index (χ4v) is 5.23. The lowest BCUT2D eigenvalue weighted by Crippen LogP contribution is -2.45. The lowest BCUT2D eigenvalue weighted by Gasteiger charge is -2.37. The van der Waals surface area contributed by atoms with Crippen molar-refractivity contribution in [3.05, 3.63) is 107 Å². The summed E-state index contributed by atoms with van der Waals surface area (Å²) in [4.78, 5) is 17.5. The number of carbonyl (C=O) groups is 1. The monoisotopic (exact) mass is 446 g/mol. The van der Waals surface area contributed by atoms with E-state index in [1.54, 1.807) is 0 Å². The molecule has 2 aliphatic rings. The van der Waals surface area contributed by atoms with Gasteiger partial charge < -0.3 is 9.80 Å². The van der Waals surface area contributed by atoms with Crippen molar-refractivity contribution >= 4 is 18.3 Å². The highest BCUT2D eigenvalue weighted by Gasteiger charge is 2.34. The molecule has 3 nitrogen and oxygen atoms in total. The molecule has 0 aliphatic carbocycles. The van der Waals surface area contributed by atoms with E-state index in [2.05, 4.69) is 76.5 Å². The van der Waals surface area contributed by atoms with Crippen molar-refractivity contribution in [3.8, 4) is 0 Å². The number of amides is 1. The summed E-state index contributed by atoms with van der Waals surface area (Å²) in [7, 11) is 0. The zero-order valence-corrected chi connectivity index (χ0v) is 19.2. The second-order valence-electron chi connectivity index (χ2n) is 8.83. The molecule has 3 aromatic carbocycles. The van der Waals surface area contributed by atoms with Crippen molar-refractivity contribution < 1.29 is 4.79 Å². The molecule has 0 atom stereocenters. The molecule has 1 saturated heterocycles. The Kier molecular flexibility index (Phi) is 7.29. The first-order valence-electron chi connectivity index (χ1n) is 11.5. The molecule has 5 rings (SSSR count). The Morgan fingerprint density at radius 2 is 1.34 bits per heavy atom. The van der Waals surface area contributed by atoms with Gasteiger partial charge in [-0.05, 0) is 48.6 Å². The molecule has 3 aromatic rings. The van der Waals surface area contributed by atoms with Gasteiger partial charge in [-0.1, -0.05) is 78.9 Å². The topological polar surface area (TPSA) is 23.6 Å². The predicted octanol–water partition coefficient (Wildman–Crippen LogP) is 5.75. The zero-order valence-electron chi connectivity index (χ0n) is 18.4. The molecule has 0 aromatic heterocycles. The van der Waals surface area contributed by atoms with E-state index in [-0.39, 0.29) is 18.3 Å². The predicted molar refractivity (Wildman–Crippen MR) is 132 cm³/mol. The average Bonchev–Trinajstić information content (AvgIpc) is 3.18. The quantitative estimate of drug-likeness (QED) is 0.481. The Labute approximate surface area is 197 Å². The average molecular weight is 447 g/mol. The molecular weight excluding hydrogens is 416 g/mol. The molecule has 1 amide bonds. The minimum Gasteiger partial charge on any atom is -0.331 e. The maximum Gasteiger partial charge on any atom is 0.254 e. The van der Waals surface area contributed by atoms with E-state index in [1.807, 2.05) is 18.2 Å². The summed E-state index contributed by atoms with van der Waals surface area (Å²) in [6.07, 6.45) is 3.26. The van der Waals surface area contributed by atoms with E-state index in [9.17, 15) is 4.79 Å². The number of hydrogen-bond acceptors (Lipinski definition) is 2. The van der Waals surface area contributed by atoms with Crippen LogP contribution >= 0.6 is 12.4 Å². The number of hydrogen-bond donors (Lipinski definition) is 0. The van der Waals surface area contributed by atoms with Gasteiger partial charge in [-0.25, -0.2) is 0 Å². The van der Waals surface area contributed by atoms with Gasteiger partial charge in [-0.15, -0.1) is 12.4 Å². The van der Waals surface area contributed by atoms with Gasteiger partial charge in [0.2, 0.25) is 0 Å². The number of carbonyl (C=O) groups excluding carboxylic acids is 1. The first-order chi connectivity index (χ1) is 15.3. The van der Waals surface area contributed by atoms with Crippen LogP contribution in [0.1, 0.15) is 52.2 Å². The summed E-state index contributed by atoms with van der Waals surface area (Å²) in [5, 5.41) is 0. The van der Waals surface area contributed by atoms with Crippen LogP contribution in [0.15, 0.2) is 84.9 Å². The van der Waals surface area contributed by atoms with Crippen molar-refractivity contribution in [3.63, 3.8) is 0 Å². The molecule has 166 valence electrons. The van der Waals surface area contributed by atoms with Gasteiger partial charge in [0.15, 0.2) is 0 Å². The van der Waals surface area contributed by atoms with Gasteiger partial charge in [0.1, 0.15) is 0 Å². The maximum absolute atomic E-state index is 12.8. The third-order valence-corrected chi connectivity index (χ3v) is 6.99. The Balaban J connectivity index is 0.00000245. The van der Waals surface area contributed by atoms with Crippen LogP contribution in [-0.2, 0) is 6.54 Å². The summed E-state index contributed by atoms with van der Waals surface area (Å²) >= 11 is 0. The van der Waals surface area contributed by atoms with E-state index < -0.39 is 0 Å². The second kappa shape index (κ2) is 10.3. The van der Waals surface area contributed by atoms with E-state index >= 15 is 0 Å².